The van der Waals surface area contributed by atoms with Gasteiger partial charge in [0.25, 0.3) is 0 Å². The van der Waals surface area contributed by atoms with E-state index in [1.165, 1.54) is 12.0 Å². The molecule has 1 rings (SSSR count). The molecule has 0 aromatic heterocycles. The van der Waals surface area contributed by atoms with E-state index in [4.69, 9.17) is 4.74 Å². The SMILES string of the molecule is CCOc1ccc(C(CCC(C)(C)C)NC)cc1. The van der Waals surface area contributed by atoms with Crippen LogP contribution in [0, 0.1) is 5.41 Å². The maximum absolute atomic E-state index is 5.47. The molecular weight excluding hydrogens is 222 g/mol. The van der Waals surface area contributed by atoms with Crippen LogP contribution in [0.25, 0.3) is 0 Å². The summed E-state index contributed by atoms with van der Waals surface area (Å²) in [5.41, 5.74) is 1.73. The van der Waals surface area contributed by atoms with Gasteiger partial charge in [0.2, 0.25) is 0 Å². The second kappa shape index (κ2) is 6.79. The van der Waals surface area contributed by atoms with Gasteiger partial charge in [0.1, 0.15) is 5.75 Å². The first-order valence-corrected chi connectivity index (χ1v) is 6.86. The molecule has 0 bridgehead atoms. The van der Waals surface area contributed by atoms with Crippen LogP contribution in [0.2, 0.25) is 0 Å². The van der Waals surface area contributed by atoms with Gasteiger partial charge in [0.05, 0.1) is 6.61 Å². The predicted octanol–water partition coefficient (Wildman–Crippen LogP) is 4.17. The Balaban J connectivity index is 2.64. The van der Waals surface area contributed by atoms with E-state index in [9.17, 15) is 0 Å². The van der Waals surface area contributed by atoms with E-state index in [1.807, 2.05) is 14.0 Å². The third kappa shape index (κ3) is 5.09. The van der Waals surface area contributed by atoms with Crippen LogP contribution < -0.4 is 10.1 Å². The van der Waals surface area contributed by atoms with Gasteiger partial charge in [-0.2, -0.15) is 0 Å². The first-order valence-electron chi connectivity index (χ1n) is 6.86. The van der Waals surface area contributed by atoms with E-state index in [0.717, 1.165) is 18.8 Å². The number of hydrogen-bond donors (Lipinski definition) is 1. The number of nitrogens with one attached hydrogen (secondary N) is 1. The molecule has 0 saturated heterocycles. The fourth-order valence-corrected chi connectivity index (χ4v) is 2.02. The molecule has 1 N–H and O–H groups in total. The third-order valence-corrected chi connectivity index (χ3v) is 3.12. The van der Waals surface area contributed by atoms with Crippen LogP contribution in [-0.4, -0.2) is 13.7 Å². The highest BCUT2D eigenvalue weighted by Crippen LogP contribution is 2.28. The van der Waals surface area contributed by atoms with Crippen molar-refractivity contribution in [1.29, 1.82) is 0 Å². The monoisotopic (exact) mass is 249 g/mol. The van der Waals surface area contributed by atoms with Gasteiger partial charge in [-0.1, -0.05) is 32.9 Å². The lowest BCUT2D eigenvalue weighted by atomic mass is 9.87. The molecule has 2 nitrogen and oxygen atoms in total. The second-order valence-corrected chi connectivity index (χ2v) is 5.94. The zero-order valence-electron chi connectivity index (χ0n) is 12.4. The highest BCUT2D eigenvalue weighted by atomic mass is 16.5. The Hall–Kier alpha value is -1.02. The molecular formula is C16H27NO. The molecule has 0 saturated carbocycles. The molecule has 0 fully saturated rings. The zero-order chi connectivity index (χ0) is 13.6. The summed E-state index contributed by atoms with van der Waals surface area (Å²) in [6.07, 6.45) is 2.37. The summed E-state index contributed by atoms with van der Waals surface area (Å²) in [5.74, 6) is 0.951. The Bertz CT molecular complexity index is 337. The molecule has 1 aromatic rings. The summed E-state index contributed by atoms with van der Waals surface area (Å²) in [7, 11) is 2.03. The summed E-state index contributed by atoms with van der Waals surface area (Å²) < 4.78 is 5.47. The van der Waals surface area contributed by atoms with Gasteiger partial charge >= 0.3 is 0 Å². The third-order valence-electron chi connectivity index (χ3n) is 3.12. The van der Waals surface area contributed by atoms with E-state index >= 15 is 0 Å². The Morgan fingerprint density at radius 1 is 1.17 bits per heavy atom. The van der Waals surface area contributed by atoms with E-state index < -0.39 is 0 Å². The second-order valence-electron chi connectivity index (χ2n) is 5.94. The molecule has 1 unspecified atom stereocenters. The number of rotatable bonds is 6. The quantitative estimate of drug-likeness (QED) is 0.817. The van der Waals surface area contributed by atoms with Crippen molar-refractivity contribution < 1.29 is 4.74 Å². The van der Waals surface area contributed by atoms with Crippen molar-refractivity contribution in [2.75, 3.05) is 13.7 Å². The number of ether oxygens (including phenoxy) is 1. The summed E-state index contributed by atoms with van der Waals surface area (Å²) in [6, 6.07) is 8.87. The average molecular weight is 249 g/mol. The molecule has 1 atom stereocenters. The Morgan fingerprint density at radius 2 is 1.78 bits per heavy atom. The number of hydrogen-bond acceptors (Lipinski definition) is 2. The molecule has 0 aliphatic rings. The standard InChI is InChI=1S/C16H27NO/c1-6-18-14-9-7-13(8-10-14)15(17-5)11-12-16(2,3)4/h7-10,15,17H,6,11-12H2,1-5H3. The van der Waals surface area contributed by atoms with Crippen molar-refractivity contribution in [2.45, 2.75) is 46.6 Å². The Labute approximate surface area is 112 Å². The van der Waals surface area contributed by atoms with Gasteiger partial charge in [-0.3, -0.25) is 0 Å². The molecule has 2 heteroatoms. The van der Waals surface area contributed by atoms with Crippen LogP contribution in [0.4, 0.5) is 0 Å². The predicted molar refractivity (Wildman–Crippen MR) is 78.1 cm³/mol. The van der Waals surface area contributed by atoms with E-state index in [-0.39, 0.29) is 0 Å². The van der Waals surface area contributed by atoms with Crippen molar-refractivity contribution >= 4 is 0 Å². The van der Waals surface area contributed by atoms with Crippen LogP contribution in [-0.2, 0) is 0 Å². The van der Waals surface area contributed by atoms with Gasteiger partial charge in [-0.15, -0.1) is 0 Å². The van der Waals surface area contributed by atoms with Crippen LogP contribution in [0.15, 0.2) is 24.3 Å². The first-order chi connectivity index (χ1) is 8.46. The van der Waals surface area contributed by atoms with Crippen molar-refractivity contribution in [3.63, 3.8) is 0 Å². The maximum atomic E-state index is 5.47. The lowest BCUT2D eigenvalue weighted by molar-refractivity contribution is 0.335. The smallest absolute Gasteiger partial charge is 0.119 e. The van der Waals surface area contributed by atoms with Crippen molar-refractivity contribution in [3.8, 4) is 5.75 Å². The first kappa shape index (κ1) is 15.0. The van der Waals surface area contributed by atoms with Gasteiger partial charge in [-0.05, 0) is 49.9 Å². The summed E-state index contributed by atoms with van der Waals surface area (Å²) >= 11 is 0. The molecule has 18 heavy (non-hydrogen) atoms. The summed E-state index contributed by atoms with van der Waals surface area (Å²) in [6.45, 7) is 9.60. The van der Waals surface area contributed by atoms with Crippen LogP contribution in [0.5, 0.6) is 5.75 Å². The molecule has 0 spiro atoms. The van der Waals surface area contributed by atoms with E-state index in [1.54, 1.807) is 0 Å². The summed E-state index contributed by atoms with van der Waals surface area (Å²) in [4.78, 5) is 0. The van der Waals surface area contributed by atoms with E-state index in [2.05, 4.69) is 50.4 Å². The van der Waals surface area contributed by atoms with Crippen LogP contribution >= 0.6 is 0 Å². The Morgan fingerprint density at radius 3 is 2.22 bits per heavy atom. The van der Waals surface area contributed by atoms with Gasteiger partial charge < -0.3 is 10.1 Å². The van der Waals surface area contributed by atoms with Gasteiger partial charge in [-0.25, -0.2) is 0 Å². The fraction of sp³-hybridized carbons (Fsp3) is 0.625. The molecule has 0 heterocycles. The van der Waals surface area contributed by atoms with Crippen molar-refractivity contribution in [2.24, 2.45) is 5.41 Å². The van der Waals surface area contributed by atoms with Crippen LogP contribution in [0.3, 0.4) is 0 Å². The molecule has 0 amide bonds. The van der Waals surface area contributed by atoms with E-state index in [0.29, 0.717) is 11.5 Å². The normalized spacial score (nSPS) is 13.4. The number of benzene rings is 1. The lowest BCUT2D eigenvalue weighted by Gasteiger charge is -2.23. The lowest BCUT2D eigenvalue weighted by Crippen LogP contribution is -2.18. The minimum absolute atomic E-state index is 0.389. The summed E-state index contributed by atoms with van der Waals surface area (Å²) in [5, 5.41) is 3.40. The van der Waals surface area contributed by atoms with Gasteiger partial charge in [0.15, 0.2) is 0 Å². The Kier molecular flexibility index (Phi) is 5.67. The highest BCUT2D eigenvalue weighted by Gasteiger charge is 2.15. The van der Waals surface area contributed by atoms with Crippen molar-refractivity contribution in [1.82, 2.24) is 5.32 Å². The van der Waals surface area contributed by atoms with Crippen LogP contribution in [0.1, 0.15) is 52.1 Å². The maximum Gasteiger partial charge on any atom is 0.119 e. The molecule has 0 aliphatic carbocycles. The molecule has 1 aromatic carbocycles. The molecule has 0 aliphatic heterocycles. The minimum atomic E-state index is 0.389. The largest absolute Gasteiger partial charge is 0.494 e. The van der Waals surface area contributed by atoms with Crippen molar-refractivity contribution in [3.05, 3.63) is 29.8 Å². The highest BCUT2D eigenvalue weighted by molar-refractivity contribution is 5.29. The minimum Gasteiger partial charge on any atom is -0.494 e. The molecule has 0 radical (unpaired) electrons. The average Bonchev–Trinajstić information content (AvgIpc) is 2.31. The fourth-order valence-electron chi connectivity index (χ4n) is 2.02. The van der Waals surface area contributed by atoms with Gasteiger partial charge in [0, 0.05) is 6.04 Å². The topological polar surface area (TPSA) is 21.3 Å². The molecule has 102 valence electrons. The zero-order valence-corrected chi connectivity index (χ0v) is 12.4.